The molecule has 2 aliphatic rings. The SMILES string of the molecule is CCC1CNC(C2CC2)CN1CCCCCCC(C)C. The van der Waals surface area contributed by atoms with Crippen LogP contribution in [0.5, 0.6) is 0 Å². The van der Waals surface area contributed by atoms with Gasteiger partial charge >= 0.3 is 0 Å². The molecule has 2 fully saturated rings. The van der Waals surface area contributed by atoms with Gasteiger partial charge in [0.15, 0.2) is 0 Å². The third kappa shape index (κ3) is 5.37. The maximum Gasteiger partial charge on any atom is 0.0224 e. The minimum Gasteiger partial charge on any atom is -0.311 e. The molecule has 2 nitrogen and oxygen atoms in total. The zero-order valence-electron chi connectivity index (χ0n) is 14.0. The summed E-state index contributed by atoms with van der Waals surface area (Å²) in [6.07, 6.45) is 11.4. The van der Waals surface area contributed by atoms with Gasteiger partial charge in [-0.3, -0.25) is 4.90 Å². The highest BCUT2D eigenvalue weighted by Gasteiger charge is 2.36. The van der Waals surface area contributed by atoms with Gasteiger partial charge in [-0.1, -0.05) is 46.5 Å². The standard InChI is InChI=1S/C18H36N2/c1-4-17-13-19-18(16-10-11-16)14-20(17)12-8-6-5-7-9-15(2)3/h15-19H,4-14H2,1-3H3. The van der Waals surface area contributed by atoms with Gasteiger partial charge in [0.1, 0.15) is 0 Å². The Morgan fingerprint density at radius 3 is 2.50 bits per heavy atom. The number of hydrogen-bond donors (Lipinski definition) is 1. The van der Waals surface area contributed by atoms with Crippen molar-refractivity contribution in [2.24, 2.45) is 11.8 Å². The van der Waals surface area contributed by atoms with Crippen LogP contribution < -0.4 is 5.32 Å². The van der Waals surface area contributed by atoms with Crippen molar-refractivity contribution in [1.29, 1.82) is 0 Å². The first-order valence-electron chi connectivity index (χ1n) is 9.18. The molecule has 1 aliphatic heterocycles. The predicted molar refractivity (Wildman–Crippen MR) is 88.1 cm³/mol. The lowest BCUT2D eigenvalue weighted by Gasteiger charge is -2.40. The summed E-state index contributed by atoms with van der Waals surface area (Å²) in [5, 5.41) is 3.79. The average molecular weight is 280 g/mol. The molecular formula is C18H36N2. The Hall–Kier alpha value is -0.0800. The molecule has 0 amide bonds. The zero-order valence-corrected chi connectivity index (χ0v) is 14.0. The van der Waals surface area contributed by atoms with Crippen LogP contribution in [0.2, 0.25) is 0 Å². The highest BCUT2D eigenvalue weighted by molar-refractivity contribution is 4.94. The van der Waals surface area contributed by atoms with Gasteiger partial charge in [-0.05, 0) is 44.1 Å². The molecule has 0 bridgehead atoms. The van der Waals surface area contributed by atoms with Crippen molar-refractivity contribution in [3.63, 3.8) is 0 Å². The maximum atomic E-state index is 3.79. The monoisotopic (exact) mass is 280 g/mol. The second kappa shape index (κ2) is 8.38. The highest BCUT2D eigenvalue weighted by Crippen LogP contribution is 2.34. The quantitative estimate of drug-likeness (QED) is 0.641. The van der Waals surface area contributed by atoms with E-state index >= 15 is 0 Å². The summed E-state index contributed by atoms with van der Waals surface area (Å²) < 4.78 is 0. The number of piperazine rings is 1. The molecule has 0 aromatic heterocycles. The minimum atomic E-state index is 0.792. The summed E-state index contributed by atoms with van der Waals surface area (Å²) >= 11 is 0. The van der Waals surface area contributed by atoms with Crippen molar-refractivity contribution in [2.75, 3.05) is 19.6 Å². The second-order valence-electron chi connectivity index (χ2n) is 7.51. The minimum absolute atomic E-state index is 0.792. The third-order valence-electron chi connectivity index (χ3n) is 5.20. The van der Waals surface area contributed by atoms with E-state index in [4.69, 9.17) is 0 Å². The molecular weight excluding hydrogens is 244 g/mol. The number of hydrogen-bond acceptors (Lipinski definition) is 2. The third-order valence-corrected chi connectivity index (χ3v) is 5.20. The van der Waals surface area contributed by atoms with Gasteiger partial charge < -0.3 is 5.32 Å². The second-order valence-corrected chi connectivity index (χ2v) is 7.51. The van der Waals surface area contributed by atoms with Crippen molar-refractivity contribution in [3.05, 3.63) is 0 Å². The Balaban J connectivity index is 1.61. The average Bonchev–Trinajstić information content (AvgIpc) is 3.26. The van der Waals surface area contributed by atoms with Crippen molar-refractivity contribution < 1.29 is 0 Å². The smallest absolute Gasteiger partial charge is 0.0224 e. The Kier molecular flexibility index (Phi) is 6.83. The molecule has 2 heteroatoms. The Labute approximate surface area is 126 Å². The predicted octanol–water partition coefficient (Wildman–Crippen LogP) is 4.06. The summed E-state index contributed by atoms with van der Waals surface area (Å²) in [5.41, 5.74) is 0. The lowest BCUT2D eigenvalue weighted by molar-refractivity contribution is 0.117. The van der Waals surface area contributed by atoms with E-state index in [2.05, 4.69) is 31.0 Å². The van der Waals surface area contributed by atoms with E-state index in [1.54, 1.807) is 0 Å². The van der Waals surface area contributed by atoms with E-state index < -0.39 is 0 Å². The summed E-state index contributed by atoms with van der Waals surface area (Å²) in [6, 6.07) is 1.60. The molecule has 2 atom stereocenters. The molecule has 1 saturated carbocycles. The number of unbranched alkanes of at least 4 members (excludes halogenated alkanes) is 3. The lowest BCUT2D eigenvalue weighted by atomic mass is 10.0. The van der Waals surface area contributed by atoms with Crippen LogP contribution in [0.25, 0.3) is 0 Å². The first-order valence-corrected chi connectivity index (χ1v) is 9.18. The van der Waals surface area contributed by atoms with Crippen LogP contribution in [-0.2, 0) is 0 Å². The van der Waals surface area contributed by atoms with Crippen LogP contribution >= 0.6 is 0 Å². The molecule has 0 aromatic rings. The fourth-order valence-corrected chi connectivity index (χ4v) is 3.59. The molecule has 20 heavy (non-hydrogen) atoms. The van der Waals surface area contributed by atoms with E-state index in [1.807, 2.05) is 0 Å². The van der Waals surface area contributed by atoms with Crippen LogP contribution in [0.4, 0.5) is 0 Å². The molecule has 1 saturated heterocycles. The fraction of sp³-hybridized carbons (Fsp3) is 1.00. The number of rotatable bonds is 9. The Morgan fingerprint density at radius 1 is 1.10 bits per heavy atom. The van der Waals surface area contributed by atoms with E-state index in [1.165, 1.54) is 71.0 Å². The maximum absolute atomic E-state index is 3.79. The largest absolute Gasteiger partial charge is 0.311 e. The van der Waals surface area contributed by atoms with Gasteiger partial charge in [-0.15, -0.1) is 0 Å². The molecule has 0 spiro atoms. The van der Waals surface area contributed by atoms with Crippen molar-refractivity contribution >= 4 is 0 Å². The van der Waals surface area contributed by atoms with Gasteiger partial charge in [0, 0.05) is 25.2 Å². The summed E-state index contributed by atoms with van der Waals surface area (Å²) in [7, 11) is 0. The Morgan fingerprint density at radius 2 is 1.85 bits per heavy atom. The molecule has 1 N–H and O–H groups in total. The molecule has 118 valence electrons. The van der Waals surface area contributed by atoms with E-state index in [0.29, 0.717) is 0 Å². The van der Waals surface area contributed by atoms with Crippen molar-refractivity contribution in [3.8, 4) is 0 Å². The van der Waals surface area contributed by atoms with Crippen LogP contribution in [0.1, 0.15) is 72.1 Å². The van der Waals surface area contributed by atoms with Crippen LogP contribution in [0, 0.1) is 11.8 Å². The van der Waals surface area contributed by atoms with Gasteiger partial charge in [-0.2, -0.15) is 0 Å². The first-order chi connectivity index (χ1) is 9.70. The van der Waals surface area contributed by atoms with Gasteiger partial charge in [0.05, 0.1) is 0 Å². The van der Waals surface area contributed by atoms with Crippen molar-refractivity contribution in [1.82, 2.24) is 10.2 Å². The lowest BCUT2D eigenvalue weighted by Crippen LogP contribution is -2.57. The van der Waals surface area contributed by atoms with Gasteiger partial charge in [-0.25, -0.2) is 0 Å². The molecule has 1 aliphatic carbocycles. The van der Waals surface area contributed by atoms with Crippen molar-refractivity contribution in [2.45, 2.75) is 84.2 Å². The molecule has 0 aromatic carbocycles. The zero-order chi connectivity index (χ0) is 14.4. The fourth-order valence-electron chi connectivity index (χ4n) is 3.59. The summed E-state index contributed by atoms with van der Waals surface area (Å²) in [4.78, 5) is 2.79. The molecule has 0 radical (unpaired) electrons. The van der Waals surface area contributed by atoms with E-state index in [9.17, 15) is 0 Å². The first kappa shape index (κ1) is 16.3. The normalized spacial score (nSPS) is 28.2. The van der Waals surface area contributed by atoms with Crippen LogP contribution in [0.15, 0.2) is 0 Å². The van der Waals surface area contributed by atoms with Crippen LogP contribution in [0.3, 0.4) is 0 Å². The summed E-state index contributed by atoms with van der Waals surface area (Å²) in [6.45, 7) is 10.9. The van der Waals surface area contributed by atoms with E-state index in [0.717, 1.165) is 23.9 Å². The number of nitrogens with zero attached hydrogens (tertiary/aromatic N) is 1. The van der Waals surface area contributed by atoms with Crippen LogP contribution in [-0.4, -0.2) is 36.6 Å². The van der Waals surface area contributed by atoms with Gasteiger partial charge in [0.2, 0.25) is 0 Å². The van der Waals surface area contributed by atoms with Gasteiger partial charge in [0.25, 0.3) is 0 Å². The molecule has 2 rings (SSSR count). The molecule has 2 unspecified atom stereocenters. The Bertz CT molecular complexity index is 260. The van der Waals surface area contributed by atoms with E-state index in [-0.39, 0.29) is 0 Å². The summed E-state index contributed by atoms with van der Waals surface area (Å²) in [5.74, 6) is 1.88. The topological polar surface area (TPSA) is 15.3 Å². The highest BCUT2D eigenvalue weighted by atomic mass is 15.2. The number of nitrogens with one attached hydrogen (secondary N) is 1. The molecule has 1 heterocycles.